The minimum atomic E-state index is 0.703. The first-order valence-corrected chi connectivity index (χ1v) is 6.96. The van der Waals surface area contributed by atoms with Gasteiger partial charge < -0.3 is 10.6 Å². The lowest BCUT2D eigenvalue weighted by molar-refractivity contribution is 0.231. The molecule has 0 aliphatic carbocycles. The van der Waals surface area contributed by atoms with Crippen molar-refractivity contribution in [2.45, 2.75) is 13.8 Å². The summed E-state index contributed by atoms with van der Waals surface area (Å²) in [6.07, 6.45) is 0. The number of nitrogens with zero attached hydrogens (tertiary/aromatic N) is 2. The first-order chi connectivity index (χ1) is 8.56. The van der Waals surface area contributed by atoms with Gasteiger partial charge in [-0.3, -0.25) is 4.90 Å². The van der Waals surface area contributed by atoms with Gasteiger partial charge in [-0.05, 0) is 24.1 Å². The fourth-order valence-electron chi connectivity index (χ4n) is 2.50. The predicted octanol–water partition coefficient (Wildman–Crippen LogP) is 2.70. The monoisotopic (exact) mass is 267 g/mol. The molecule has 0 atom stereocenters. The molecule has 100 valence electrons. The normalized spacial score (nSPS) is 17.4. The Kier molecular flexibility index (Phi) is 4.36. The Balaban J connectivity index is 1.97. The zero-order valence-electron chi connectivity index (χ0n) is 11.2. The van der Waals surface area contributed by atoms with Gasteiger partial charge in [0.15, 0.2) is 0 Å². The SMILES string of the molecule is CC(C)CN1CCN(c2ccc(Cl)cc2N)CC1. The van der Waals surface area contributed by atoms with E-state index in [1.54, 1.807) is 0 Å². The second-order valence-corrected chi connectivity index (χ2v) is 5.82. The standard InChI is InChI=1S/C14H22ClN3/c1-11(2)10-17-5-7-18(8-6-17)14-4-3-12(15)9-13(14)16/h3-4,9,11H,5-8,10,16H2,1-2H3. The molecule has 0 amide bonds. The van der Waals surface area contributed by atoms with Gasteiger partial charge in [0.05, 0.1) is 11.4 Å². The second kappa shape index (κ2) is 5.81. The molecule has 0 spiro atoms. The zero-order valence-corrected chi connectivity index (χ0v) is 12.0. The van der Waals surface area contributed by atoms with Gasteiger partial charge in [0, 0.05) is 37.7 Å². The number of hydrogen-bond donors (Lipinski definition) is 1. The van der Waals surface area contributed by atoms with Crippen LogP contribution in [0.2, 0.25) is 5.02 Å². The molecule has 18 heavy (non-hydrogen) atoms. The molecule has 0 unspecified atom stereocenters. The van der Waals surface area contributed by atoms with Gasteiger partial charge >= 0.3 is 0 Å². The molecule has 4 heteroatoms. The van der Waals surface area contributed by atoms with Crippen LogP contribution in [-0.2, 0) is 0 Å². The van der Waals surface area contributed by atoms with Crippen LogP contribution in [0.5, 0.6) is 0 Å². The predicted molar refractivity (Wildman–Crippen MR) is 79.4 cm³/mol. The van der Waals surface area contributed by atoms with E-state index in [4.69, 9.17) is 17.3 Å². The van der Waals surface area contributed by atoms with Crippen LogP contribution in [-0.4, -0.2) is 37.6 Å². The van der Waals surface area contributed by atoms with Gasteiger partial charge in [-0.1, -0.05) is 25.4 Å². The number of rotatable bonds is 3. The van der Waals surface area contributed by atoms with E-state index in [2.05, 4.69) is 23.6 Å². The van der Waals surface area contributed by atoms with Gasteiger partial charge in [0.25, 0.3) is 0 Å². The maximum absolute atomic E-state index is 6.03. The van der Waals surface area contributed by atoms with Crippen LogP contribution in [0.15, 0.2) is 18.2 Å². The summed E-state index contributed by atoms with van der Waals surface area (Å²) in [5.41, 5.74) is 7.92. The largest absolute Gasteiger partial charge is 0.397 e. The minimum Gasteiger partial charge on any atom is -0.397 e. The summed E-state index contributed by atoms with van der Waals surface area (Å²) >= 11 is 5.93. The molecule has 0 aromatic heterocycles. The number of nitrogens with two attached hydrogens (primary N) is 1. The Morgan fingerprint density at radius 1 is 1.22 bits per heavy atom. The fraction of sp³-hybridized carbons (Fsp3) is 0.571. The molecule has 1 aromatic rings. The van der Waals surface area contributed by atoms with Gasteiger partial charge in [0.1, 0.15) is 0 Å². The first-order valence-electron chi connectivity index (χ1n) is 6.58. The third-order valence-corrected chi connectivity index (χ3v) is 3.56. The molecule has 1 aliphatic heterocycles. The highest BCUT2D eigenvalue weighted by Crippen LogP contribution is 2.27. The van der Waals surface area contributed by atoms with Crippen molar-refractivity contribution in [1.29, 1.82) is 0 Å². The van der Waals surface area contributed by atoms with Crippen molar-refractivity contribution in [3.8, 4) is 0 Å². The van der Waals surface area contributed by atoms with E-state index in [1.165, 1.54) is 6.54 Å². The van der Waals surface area contributed by atoms with Crippen molar-refractivity contribution in [3.63, 3.8) is 0 Å². The summed E-state index contributed by atoms with van der Waals surface area (Å²) in [4.78, 5) is 4.87. The molecular weight excluding hydrogens is 246 g/mol. The Labute approximate surface area is 115 Å². The maximum Gasteiger partial charge on any atom is 0.0601 e. The van der Waals surface area contributed by atoms with E-state index >= 15 is 0 Å². The quantitative estimate of drug-likeness (QED) is 0.855. The van der Waals surface area contributed by atoms with Crippen molar-refractivity contribution in [2.24, 2.45) is 5.92 Å². The van der Waals surface area contributed by atoms with Crippen LogP contribution in [0.1, 0.15) is 13.8 Å². The highest BCUT2D eigenvalue weighted by atomic mass is 35.5. The molecule has 1 heterocycles. The molecule has 2 rings (SSSR count). The third-order valence-electron chi connectivity index (χ3n) is 3.33. The van der Waals surface area contributed by atoms with Gasteiger partial charge in [-0.2, -0.15) is 0 Å². The summed E-state index contributed by atoms with van der Waals surface area (Å²) in [5, 5.41) is 0.703. The average molecular weight is 268 g/mol. The zero-order chi connectivity index (χ0) is 13.1. The van der Waals surface area contributed by atoms with Crippen molar-refractivity contribution in [3.05, 3.63) is 23.2 Å². The number of halogens is 1. The van der Waals surface area contributed by atoms with Gasteiger partial charge in [0.2, 0.25) is 0 Å². The molecule has 1 saturated heterocycles. The van der Waals surface area contributed by atoms with Crippen molar-refractivity contribution in [1.82, 2.24) is 4.90 Å². The van der Waals surface area contributed by atoms with Crippen LogP contribution >= 0.6 is 11.6 Å². The van der Waals surface area contributed by atoms with Gasteiger partial charge in [-0.15, -0.1) is 0 Å². The molecule has 0 saturated carbocycles. The van der Waals surface area contributed by atoms with Crippen LogP contribution in [0, 0.1) is 5.92 Å². The molecule has 1 fully saturated rings. The van der Waals surface area contributed by atoms with Crippen LogP contribution < -0.4 is 10.6 Å². The van der Waals surface area contributed by atoms with Crippen molar-refractivity contribution in [2.75, 3.05) is 43.4 Å². The molecular formula is C14H22ClN3. The molecule has 3 nitrogen and oxygen atoms in total. The van der Waals surface area contributed by atoms with E-state index in [0.29, 0.717) is 5.02 Å². The number of nitrogen functional groups attached to an aromatic ring is 1. The summed E-state index contributed by atoms with van der Waals surface area (Å²) in [6.45, 7) is 10.0. The highest BCUT2D eigenvalue weighted by molar-refractivity contribution is 6.31. The summed E-state index contributed by atoms with van der Waals surface area (Å²) in [7, 11) is 0. The molecule has 0 radical (unpaired) electrons. The number of piperazine rings is 1. The summed E-state index contributed by atoms with van der Waals surface area (Å²) in [6, 6.07) is 5.76. The molecule has 1 aliphatic rings. The minimum absolute atomic E-state index is 0.703. The van der Waals surface area contributed by atoms with E-state index in [9.17, 15) is 0 Å². The first kappa shape index (κ1) is 13.5. The lowest BCUT2D eigenvalue weighted by atomic mass is 10.1. The lowest BCUT2D eigenvalue weighted by Crippen LogP contribution is -2.47. The summed E-state index contributed by atoms with van der Waals surface area (Å²) < 4.78 is 0. The van der Waals surface area contributed by atoms with Crippen LogP contribution in [0.4, 0.5) is 11.4 Å². The van der Waals surface area contributed by atoms with Crippen molar-refractivity contribution < 1.29 is 0 Å². The average Bonchev–Trinajstić information content (AvgIpc) is 2.30. The Bertz CT molecular complexity index is 398. The third kappa shape index (κ3) is 3.30. The Hall–Kier alpha value is -0.930. The number of anilines is 2. The maximum atomic E-state index is 6.03. The number of benzene rings is 1. The van der Waals surface area contributed by atoms with Crippen molar-refractivity contribution >= 4 is 23.0 Å². The fourth-order valence-corrected chi connectivity index (χ4v) is 2.68. The van der Waals surface area contributed by atoms with E-state index < -0.39 is 0 Å². The van der Waals surface area contributed by atoms with E-state index in [0.717, 1.165) is 43.5 Å². The lowest BCUT2D eigenvalue weighted by Gasteiger charge is -2.37. The summed E-state index contributed by atoms with van der Waals surface area (Å²) in [5.74, 6) is 0.733. The van der Waals surface area contributed by atoms with Crippen LogP contribution in [0.25, 0.3) is 0 Å². The molecule has 1 aromatic carbocycles. The van der Waals surface area contributed by atoms with Crippen LogP contribution in [0.3, 0.4) is 0 Å². The highest BCUT2D eigenvalue weighted by Gasteiger charge is 2.19. The molecule has 0 bridgehead atoms. The van der Waals surface area contributed by atoms with E-state index in [1.807, 2.05) is 18.2 Å². The Morgan fingerprint density at radius 2 is 1.89 bits per heavy atom. The second-order valence-electron chi connectivity index (χ2n) is 5.38. The Morgan fingerprint density at radius 3 is 2.44 bits per heavy atom. The topological polar surface area (TPSA) is 32.5 Å². The van der Waals surface area contributed by atoms with E-state index in [-0.39, 0.29) is 0 Å². The number of hydrogen-bond acceptors (Lipinski definition) is 3. The van der Waals surface area contributed by atoms with Gasteiger partial charge in [-0.25, -0.2) is 0 Å². The molecule has 2 N–H and O–H groups in total. The smallest absolute Gasteiger partial charge is 0.0601 e.